The van der Waals surface area contributed by atoms with Crippen molar-refractivity contribution in [3.05, 3.63) is 207 Å². The molecule has 10 rings (SSSR count). The van der Waals surface area contributed by atoms with Crippen molar-refractivity contribution < 1.29 is 35.7 Å². The van der Waals surface area contributed by atoms with Gasteiger partial charge in [0.1, 0.15) is 5.76 Å². The van der Waals surface area contributed by atoms with Crippen molar-refractivity contribution in [3.63, 3.8) is 0 Å². The number of allylic oxidation sites excluding steroid dienone is 7. The zero-order valence-electron chi connectivity index (χ0n) is 45.6. The second-order valence-electron chi connectivity index (χ2n) is 19.2. The molecule has 0 radical (unpaired) electrons. The van der Waals surface area contributed by atoms with Crippen molar-refractivity contribution >= 4 is 43.8 Å². The number of benzene rings is 6. The first-order valence-electron chi connectivity index (χ1n) is 25.2. The van der Waals surface area contributed by atoms with Gasteiger partial charge in [-0.3, -0.25) is 0 Å². The van der Waals surface area contributed by atoms with Gasteiger partial charge in [0, 0.05) is 31.9 Å². The zero-order valence-corrected chi connectivity index (χ0v) is 46.5. The SMILES string of the molecule is C#C.C/C=C\c1c(C)sc2cccc(C)c12.C=C.CCCC1=CC(C)C(O)=C1O.Cc1c(O)c(O)c(O)c(O)c1O.Cc1ccc2c(c1)C(C)(C)c1cc(C)c3ccccc3c1-2.Cc1cccc(C2=CCCC=C2)c1. The largest absolute Gasteiger partial charge is 0.508 e. The lowest BCUT2D eigenvalue weighted by Crippen LogP contribution is -2.15. The maximum atomic E-state index is 9.32. The first-order chi connectivity index (χ1) is 35.7. The monoisotopic (exact) mass is 1020 g/mol. The molecule has 7 N–H and O–H groups in total. The summed E-state index contributed by atoms with van der Waals surface area (Å²) < 4.78 is 1.40. The number of thiophene rings is 1. The number of phenols is 5. The summed E-state index contributed by atoms with van der Waals surface area (Å²) in [5.74, 6) is -3.71. The predicted octanol–water partition coefficient (Wildman–Crippen LogP) is 18.3. The van der Waals surface area contributed by atoms with Crippen LogP contribution in [0.5, 0.6) is 28.7 Å². The van der Waals surface area contributed by atoms with Crippen LogP contribution in [0, 0.1) is 60.3 Å². The molecule has 8 heteroatoms. The fourth-order valence-electron chi connectivity index (χ4n) is 9.48. The Morgan fingerprint density at radius 2 is 1.31 bits per heavy atom. The Balaban J connectivity index is 0.000000204. The van der Waals surface area contributed by atoms with Gasteiger partial charge in [0.15, 0.2) is 17.3 Å². The van der Waals surface area contributed by atoms with Gasteiger partial charge in [0.25, 0.3) is 0 Å². The third-order valence-corrected chi connectivity index (χ3v) is 14.5. The van der Waals surface area contributed by atoms with Crippen LogP contribution in [0.4, 0.5) is 0 Å². The smallest absolute Gasteiger partial charge is 0.208 e. The van der Waals surface area contributed by atoms with Gasteiger partial charge in [0.2, 0.25) is 17.2 Å². The minimum atomic E-state index is -0.935. The van der Waals surface area contributed by atoms with E-state index in [1.165, 1.54) is 107 Å². The molecule has 0 bridgehead atoms. The van der Waals surface area contributed by atoms with Crippen molar-refractivity contribution in [1.82, 2.24) is 0 Å². The van der Waals surface area contributed by atoms with Crippen LogP contribution in [0.3, 0.4) is 0 Å². The highest BCUT2D eigenvalue weighted by Gasteiger charge is 2.36. The molecule has 0 saturated carbocycles. The van der Waals surface area contributed by atoms with Crippen LogP contribution >= 0.6 is 11.3 Å². The van der Waals surface area contributed by atoms with E-state index in [0.717, 1.165) is 18.4 Å². The first kappa shape index (κ1) is 59.7. The molecule has 7 aromatic rings. The van der Waals surface area contributed by atoms with Crippen molar-refractivity contribution in [2.45, 2.75) is 107 Å². The van der Waals surface area contributed by atoms with E-state index in [1.54, 1.807) is 0 Å². The number of hydrogen-bond donors (Lipinski definition) is 7. The molecule has 3 aliphatic rings. The standard InChI is InChI=1S/C21H20.C13H14S.C13H14.C9H14O2.C7H8O5.C2H4.C2H2/c1-13-9-10-17-18(11-13)21(3,4)19-12-14(2)15-7-5-6-8-16(15)20(17)19;1-4-6-11-10(3)14-12-8-5-7-9(2)13(11)12;1-11-6-5-9-13(10-11)12-7-3-2-4-8-12;1-3-4-7-5-6(2)8(10)9(7)11;1-2-3(8)5(10)7(12)6(11)4(2)9;2*1-2/h5-12H,1-4H3;4-8H,1-3H3;3,5-10H,2,4H2,1H3;5-6,10-11H,3-4H2,1-2H3;8-12H,1H3;1-2H2;1-2H/b;6-4-;;;;;. The molecule has 1 heterocycles. The highest BCUT2D eigenvalue weighted by molar-refractivity contribution is 7.19. The Morgan fingerprint density at radius 1 is 0.693 bits per heavy atom. The summed E-state index contributed by atoms with van der Waals surface area (Å²) in [4.78, 5) is 1.41. The molecule has 1 unspecified atom stereocenters. The summed E-state index contributed by atoms with van der Waals surface area (Å²) in [6, 6.07) is 33.3. The summed E-state index contributed by atoms with van der Waals surface area (Å²) >= 11 is 1.88. The molecule has 3 aliphatic carbocycles. The molecule has 392 valence electrons. The Kier molecular flexibility index (Phi) is 21.4. The van der Waals surface area contributed by atoms with Crippen LogP contribution in [0.25, 0.3) is 43.6 Å². The summed E-state index contributed by atoms with van der Waals surface area (Å²) in [7, 11) is 0. The predicted molar refractivity (Wildman–Crippen MR) is 320 cm³/mol. The fourth-order valence-corrected chi connectivity index (χ4v) is 10.6. The minimum Gasteiger partial charge on any atom is -0.508 e. The average molecular weight is 1030 g/mol. The summed E-state index contributed by atoms with van der Waals surface area (Å²) in [5, 5.41) is 67.5. The molecule has 0 saturated heterocycles. The van der Waals surface area contributed by atoms with Crippen molar-refractivity contribution in [2.75, 3.05) is 0 Å². The van der Waals surface area contributed by atoms with E-state index in [-0.39, 0.29) is 28.4 Å². The van der Waals surface area contributed by atoms with Crippen LogP contribution in [0.2, 0.25) is 0 Å². The molecule has 7 nitrogen and oxygen atoms in total. The number of aliphatic hydroxyl groups excluding tert-OH is 2. The summed E-state index contributed by atoms with van der Waals surface area (Å²) in [6.45, 7) is 28.9. The Morgan fingerprint density at radius 3 is 1.88 bits per heavy atom. The van der Waals surface area contributed by atoms with Crippen LogP contribution in [0.15, 0.2) is 152 Å². The van der Waals surface area contributed by atoms with E-state index in [1.807, 2.05) is 31.3 Å². The molecule has 1 atom stereocenters. The van der Waals surface area contributed by atoms with Crippen LogP contribution < -0.4 is 0 Å². The Labute approximate surface area is 449 Å². The fraction of sp³-hybridized carbons (Fsp3) is 0.254. The Hall–Kier alpha value is -7.86. The van der Waals surface area contributed by atoms with Crippen LogP contribution in [0.1, 0.15) is 115 Å². The van der Waals surface area contributed by atoms with Gasteiger partial charge >= 0.3 is 0 Å². The minimum absolute atomic E-state index is 0.00319. The number of rotatable bonds is 4. The van der Waals surface area contributed by atoms with Gasteiger partial charge < -0.3 is 35.7 Å². The number of aryl methyl sites for hydroxylation is 5. The van der Waals surface area contributed by atoms with E-state index >= 15 is 0 Å². The third kappa shape index (κ3) is 13.5. The van der Waals surface area contributed by atoms with Crippen molar-refractivity contribution in [3.8, 4) is 52.7 Å². The highest BCUT2D eigenvalue weighted by atomic mass is 32.1. The number of fused-ring (bicyclic) bond motifs is 6. The van der Waals surface area contributed by atoms with Gasteiger partial charge in [0.05, 0.1) is 0 Å². The summed E-state index contributed by atoms with van der Waals surface area (Å²) in [6.07, 6.45) is 25.2. The van der Waals surface area contributed by atoms with E-state index in [0.29, 0.717) is 0 Å². The molecular formula is C67H76O7S. The number of phenolic OH excluding ortho intramolecular Hbond substituents is 5. The molecule has 0 fully saturated rings. The molecule has 1 aromatic heterocycles. The number of terminal acetylenes is 1. The van der Waals surface area contributed by atoms with Crippen LogP contribution in [-0.4, -0.2) is 35.7 Å². The van der Waals surface area contributed by atoms with E-state index in [4.69, 9.17) is 25.5 Å². The van der Waals surface area contributed by atoms with E-state index in [9.17, 15) is 10.2 Å². The van der Waals surface area contributed by atoms with Gasteiger partial charge in [-0.05, 0) is 140 Å². The maximum Gasteiger partial charge on any atom is 0.208 e. The molecule has 6 aromatic carbocycles. The third-order valence-electron chi connectivity index (χ3n) is 13.4. The number of aliphatic hydroxyl groups is 2. The number of hydrogen-bond acceptors (Lipinski definition) is 8. The molecule has 0 spiro atoms. The van der Waals surface area contributed by atoms with Gasteiger partial charge in [-0.2, -0.15) is 0 Å². The maximum absolute atomic E-state index is 9.32. The topological polar surface area (TPSA) is 142 Å². The highest BCUT2D eigenvalue weighted by Crippen LogP contribution is 2.52. The van der Waals surface area contributed by atoms with Crippen molar-refractivity contribution in [1.29, 1.82) is 0 Å². The molecule has 75 heavy (non-hydrogen) atoms. The molecule has 0 aliphatic heterocycles. The second kappa shape index (κ2) is 26.9. The van der Waals surface area contributed by atoms with E-state index < -0.39 is 28.7 Å². The normalized spacial score (nSPS) is 14.3. The lowest BCUT2D eigenvalue weighted by atomic mass is 9.81. The first-order valence-corrected chi connectivity index (χ1v) is 26.1. The van der Waals surface area contributed by atoms with Crippen LogP contribution in [-0.2, 0) is 5.41 Å². The summed E-state index contributed by atoms with van der Waals surface area (Å²) in [5.41, 5.74) is 16.2. The number of aromatic hydroxyl groups is 5. The van der Waals surface area contributed by atoms with Gasteiger partial charge in [-0.1, -0.05) is 167 Å². The zero-order chi connectivity index (χ0) is 55.9. The van der Waals surface area contributed by atoms with Gasteiger partial charge in [-0.15, -0.1) is 37.3 Å². The molecule has 0 amide bonds. The van der Waals surface area contributed by atoms with Crippen molar-refractivity contribution in [2.24, 2.45) is 5.92 Å². The Bertz CT molecular complexity index is 3210. The average Bonchev–Trinajstić information content (AvgIpc) is 3.96. The second-order valence-corrected chi connectivity index (χ2v) is 20.5. The quantitative estimate of drug-likeness (QED) is 0.0403. The van der Waals surface area contributed by atoms with E-state index in [2.05, 4.69) is 203 Å². The lowest BCUT2D eigenvalue weighted by Gasteiger charge is -2.22. The lowest BCUT2D eigenvalue weighted by molar-refractivity contribution is 0.313. The van der Waals surface area contributed by atoms with Gasteiger partial charge in [-0.25, -0.2) is 0 Å². The molecular weight excluding hydrogens is 949 g/mol.